The van der Waals surface area contributed by atoms with Crippen molar-refractivity contribution in [2.45, 2.75) is 20.3 Å². The molecule has 0 aliphatic rings. The summed E-state index contributed by atoms with van der Waals surface area (Å²) in [6, 6.07) is 0. The second-order valence-electron chi connectivity index (χ2n) is 3.04. The number of amides is 1. The zero-order valence-corrected chi connectivity index (χ0v) is 9.90. The van der Waals surface area contributed by atoms with Crippen molar-refractivity contribution < 1.29 is 4.79 Å². The first kappa shape index (κ1) is 13.4. The smallest absolute Gasteiger partial charge is 0.264 e. The van der Waals surface area contributed by atoms with Crippen LogP contribution in [0.3, 0.4) is 0 Å². The Morgan fingerprint density at radius 3 is 2.40 bits per heavy atom. The lowest BCUT2D eigenvalue weighted by molar-refractivity contribution is -0.135. The second kappa shape index (κ2) is 6.81. The lowest BCUT2D eigenvalue weighted by Crippen LogP contribution is -2.39. The van der Waals surface area contributed by atoms with Crippen LogP contribution < -0.4 is 0 Å². The number of carbonyl (C=O) groups is 1. The Hall–Kier alpha value is -1.58. The van der Waals surface area contributed by atoms with Gasteiger partial charge in [0.2, 0.25) is 0 Å². The molecule has 0 aromatic carbocycles. The lowest BCUT2D eigenvalue weighted by atomic mass is 10.3. The molecule has 0 aromatic rings. The Kier molecular flexibility index (Phi) is 6.09. The summed E-state index contributed by atoms with van der Waals surface area (Å²) < 4.78 is 0. The van der Waals surface area contributed by atoms with Gasteiger partial charge in [-0.25, -0.2) is 0 Å². The van der Waals surface area contributed by atoms with Gasteiger partial charge in [0.25, 0.3) is 5.91 Å². The molecule has 0 aliphatic carbocycles. The number of hydrogen-bond acceptors (Lipinski definition) is 3. The summed E-state index contributed by atoms with van der Waals surface area (Å²) in [5.74, 6) is -0.0663. The predicted octanol–water partition coefficient (Wildman–Crippen LogP) is 1.82. The molecular weight excluding hydrogens is 190 g/mol. The minimum Gasteiger partial charge on any atom is -0.289 e. The molecule has 15 heavy (non-hydrogen) atoms. The third-order valence-electron chi connectivity index (χ3n) is 2.10. The molecule has 1 amide bonds. The molecule has 0 bridgehead atoms. The van der Waals surface area contributed by atoms with Crippen molar-refractivity contribution >= 4 is 12.6 Å². The maximum atomic E-state index is 11.5. The van der Waals surface area contributed by atoms with Crippen LogP contribution in [0.5, 0.6) is 0 Å². The molecule has 0 aliphatic heterocycles. The highest BCUT2D eigenvalue weighted by Crippen LogP contribution is 2.09. The van der Waals surface area contributed by atoms with Gasteiger partial charge in [-0.1, -0.05) is 13.0 Å². The van der Waals surface area contributed by atoms with Gasteiger partial charge in [-0.2, -0.15) is 0 Å². The Morgan fingerprint density at radius 1 is 1.40 bits per heavy atom. The lowest BCUT2D eigenvalue weighted by Gasteiger charge is -2.30. The molecule has 0 rings (SSSR count). The number of likely N-dealkylation sites (N-methyl/N-ethyl adjacent to an activating group) is 1. The van der Waals surface area contributed by atoms with Crippen molar-refractivity contribution in [1.29, 1.82) is 0 Å². The first-order valence-electron chi connectivity index (χ1n) is 4.87. The Bertz CT molecular complexity index is 282. The molecule has 0 aromatic heterocycles. The summed E-state index contributed by atoms with van der Waals surface area (Å²) in [5.41, 5.74) is 0.936. The van der Waals surface area contributed by atoms with Crippen molar-refractivity contribution in [3.05, 3.63) is 24.0 Å². The fourth-order valence-electron chi connectivity index (χ4n) is 1.10. The molecule has 0 fully saturated rings. The molecule has 0 N–H and O–H groups in total. The predicted molar refractivity (Wildman–Crippen MR) is 63.3 cm³/mol. The standard InChI is InChI=1S/C11H19N3O/c1-6-8-11(15)14(5)13(4)10(7-2)9-12-3/h6,8-9H,3,7H2,1-2,4-5H3/b8-6-,10-9-. The largest absolute Gasteiger partial charge is 0.289 e. The molecule has 0 unspecified atom stereocenters. The first-order valence-corrected chi connectivity index (χ1v) is 4.87. The van der Waals surface area contributed by atoms with Crippen molar-refractivity contribution in [3.8, 4) is 0 Å². The van der Waals surface area contributed by atoms with E-state index in [0.717, 1.165) is 12.1 Å². The molecule has 0 atom stereocenters. The van der Waals surface area contributed by atoms with Gasteiger partial charge in [-0.05, 0) is 20.1 Å². The van der Waals surface area contributed by atoms with E-state index in [-0.39, 0.29) is 5.91 Å². The van der Waals surface area contributed by atoms with E-state index in [1.165, 1.54) is 11.1 Å². The van der Waals surface area contributed by atoms with Crippen molar-refractivity contribution in [3.63, 3.8) is 0 Å². The average molecular weight is 209 g/mol. The van der Waals surface area contributed by atoms with E-state index < -0.39 is 0 Å². The van der Waals surface area contributed by atoms with E-state index in [1.54, 1.807) is 24.3 Å². The molecule has 4 nitrogen and oxygen atoms in total. The summed E-state index contributed by atoms with van der Waals surface area (Å²) in [6.07, 6.45) is 5.68. The van der Waals surface area contributed by atoms with Crippen LogP contribution in [-0.2, 0) is 4.79 Å². The fraction of sp³-hybridized carbons (Fsp3) is 0.455. The number of hydrazine groups is 1. The molecule has 0 saturated carbocycles. The van der Waals surface area contributed by atoms with Crippen molar-refractivity contribution in [1.82, 2.24) is 10.0 Å². The number of rotatable bonds is 5. The van der Waals surface area contributed by atoms with Gasteiger partial charge in [0.05, 0.1) is 5.70 Å². The second-order valence-corrected chi connectivity index (χ2v) is 3.04. The van der Waals surface area contributed by atoms with Crippen LogP contribution >= 0.6 is 0 Å². The van der Waals surface area contributed by atoms with E-state index in [0.29, 0.717) is 0 Å². The van der Waals surface area contributed by atoms with E-state index in [1.807, 2.05) is 20.9 Å². The molecule has 0 radical (unpaired) electrons. The van der Waals surface area contributed by atoms with Gasteiger partial charge >= 0.3 is 0 Å². The number of aliphatic imine (C=N–C) groups is 1. The molecule has 84 valence electrons. The number of carbonyl (C=O) groups excluding carboxylic acids is 1. The summed E-state index contributed by atoms with van der Waals surface area (Å²) in [7, 11) is 3.54. The SMILES string of the molecule is C=N/C=C(/CC)N(C)N(C)C(=O)/C=C\C. The van der Waals surface area contributed by atoms with Gasteiger partial charge in [0.1, 0.15) is 0 Å². The van der Waals surface area contributed by atoms with Crippen LogP contribution in [0.4, 0.5) is 0 Å². The monoisotopic (exact) mass is 209 g/mol. The molecule has 0 heterocycles. The zero-order valence-electron chi connectivity index (χ0n) is 9.90. The van der Waals surface area contributed by atoms with Crippen LogP contribution in [0, 0.1) is 0 Å². The Labute approximate surface area is 91.6 Å². The number of allylic oxidation sites excluding steroid dienone is 2. The third-order valence-corrected chi connectivity index (χ3v) is 2.10. The summed E-state index contributed by atoms with van der Waals surface area (Å²) >= 11 is 0. The number of hydrogen-bond donors (Lipinski definition) is 0. The van der Waals surface area contributed by atoms with E-state index >= 15 is 0 Å². The average Bonchev–Trinajstić information content (AvgIpc) is 2.24. The fourth-order valence-corrected chi connectivity index (χ4v) is 1.10. The third kappa shape index (κ3) is 3.97. The minimum absolute atomic E-state index is 0.0663. The van der Waals surface area contributed by atoms with Gasteiger partial charge in [-0.3, -0.25) is 19.8 Å². The van der Waals surface area contributed by atoms with Crippen LogP contribution in [-0.4, -0.2) is 36.7 Å². The first-order chi connectivity index (χ1) is 7.08. The molecule has 0 saturated heterocycles. The van der Waals surface area contributed by atoms with Crippen LogP contribution in [0.15, 0.2) is 29.0 Å². The van der Waals surface area contributed by atoms with Crippen molar-refractivity contribution in [2.24, 2.45) is 4.99 Å². The van der Waals surface area contributed by atoms with Crippen LogP contribution in [0.2, 0.25) is 0 Å². The number of nitrogens with zero attached hydrogens (tertiary/aromatic N) is 3. The summed E-state index contributed by atoms with van der Waals surface area (Å²) in [5, 5.41) is 3.29. The zero-order chi connectivity index (χ0) is 11.8. The molecule has 0 spiro atoms. The topological polar surface area (TPSA) is 35.9 Å². The molecule has 4 heteroatoms. The minimum atomic E-state index is -0.0663. The highest BCUT2D eigenvalue weighted by molar-refractivity contribution is 5.86. The molecular formula is C11H19N3O. The normalized spacial score (nSPS) is 11.6. The van der Waals surface area contributed by atoms with Gasteiger partial charge in [0.15, 0.2) is 0 Å². The Morgan fingerprint density at radius 2 is 2.00 bits per heavy atom. The maximum Gasteiger partial charge on any atom is 0.264 e. The van der Waals surface area contributed by atoms with Crippen LogP contribution in [0.1, 0.15) is 20.3 Å². The maximum absolute atomic E-state index is 11.5. The van der Waals surface area contributed by atoms with E-state index in [9.17, 15) is 4.79 Å². The van der Waals surface area contributed by atoms with E-state index in [4.69, 9.17) is 0 Å². The summed E-state index contributed by atoms with van der Waals surface area (Å²) in [4.78, 5) is 15.2. The van der Waals surface area contributed by atoms with Gasteiger partial charge < -0.3 is 0 Å². The summed E-state index contributed by atoms with van der Waals surface area (Å²) in [6.45, 7) is 7.22. The van der Waals surface area contributed by atoms with Gasteiger partial charge in [0, 0.05) is 26.4 Å². The highest BCUT2D eigenvalue weighted by atomic mass is 16.2. The van der Waals surface area contributed by atoms with Crippen LogP contribution in [0.25, 0.3) is 0 Å². The highest BCUT2D eigenvalue weighted by Gasteiger charge is 2.12. The van der Waals surface area contributed by atoms with E-state index in [2.05, 4.69) is 11.7 Å². The van der Waals surface area contributed by atoms with Crippen molar-refractivity contribution in [2.75, 3.05) is 14.1 Å². The van der Waals surface area contributed by atoms with Gasteiger partial charge in [-0.15, -0.1) is 0 Å². The Balaban J connectivity index is 4.68. The quantitative estimate of drug-likeness (QED) is 0.393.